The number of aromatic nitrogens is 5. The Kier molecular flexibility index (Phi) is 3.49. The SMILES string of the molecule is CNc1nc(N2CCCC(C)C2)nc(-n2ccnc2)n1. The largest absolute Gasteiger partial charge is 0.357 e. The van der Waals surface area contributed by atoms with Crippen molar-refractivity contribution in [3.8, 4) is 5.95 Å². The molecule has 1 unspecified atom stereocenters. The predicted molar refractivity (Wildman–Crippen MR) is 77.1 cm³/mol. The smallest absolute Gasteiger partial charge is 0.241 e. The maximum atomic E-state index is 4.57. The van der Waals surface area contributed by atoms with Gasteiger partial charge < -0.3 is 10.2 Å². The third-order valence-electron chi connectivity index (χ3n) is 3.51. The lowest BCUT2D eigenvalue weighted by atomic mass is 10.0. The Bertz CT molecular complexity index is 566. The molecule has 0 saturated carbocycles. The van der Waals surface area contributed by atoms with Gasteiger partial charge >= 0.3 is 0 Å². The fourth-order valence-electron chi connectivity index (χ4n) is 2.47. The summed E-state index contributed by atoms with van der Waals surface area (Å²) in [5, 5.41) is 3.00. The Labute approximate surface area is 118 Å². The minimum Gasteiger partial charge on any atom is -0.357 e. The van der Waals surface area contributed by atoms with Crippen LogP contribution in [0.4, 0.5) is 11.9 Å². The van der Waals surface area contributed by atoms with Crippen LogP contribution in [0.1, 0.15) is 19.8 Å². The van der Waals surface area contributed by atoms with Crippen LogP contribution in [-0.4, -0.2) is 44.6 Å². The monoisotopic (exact) mass is 273 g/mol. The molecule has 0 radical (unpaired) electrons. The van der Waals surface area contributed by atoms with Crippen molar-refractivity contribution in [1.82, 2.24) is 24.5 Å². The molecule has 1 atom stereocenters. The second-order valence-corrected chi connectivity index (χ2v) is 5.17. The molecule has 7 heteroatoms. The van der Waals surface area contributed by atoms with Gasteiger partial charge in [0.2, 0.25) is 17.8 Å². The highest BCUT2D eigenvalue weighted by molar-refractivity contribution is 5.40. The summed E-state index contributed by atoms with van der Waals surface area (Å²) in [4.78, 5) is 19.7. The number of anilines is 2. The van der Waals surface area contributed by atoms with Gasteiger partial charge in [-0.05, 0) is 18.8 Å². The molecular weight excluding hydrogens is 254 g/mol. The van der Waals surface area contributed by atoms with E-state index in [0.717, 1.165) is 19.0 Å². The van der Waals surface area contributed by atoms with Gasteiger partial charge in [-0.25, -0.2) is 4.98 Å². The van der Waals surface area contributed by atoms with Crippen molar-refractivity contribution >= 4 is 11.9 Å². The van der Waals surface area contributed by atoms with Crippen LogP contribution >= 0.6 is 0 Å². The minimum absolute atomic E-state index is 0.580. The summed E-state index contributed by atoms with van der Waals surface area (Å²) in [6.45, 7) is 4.26. The lowest BCUT2D eigenvalue weighted by Crippen LogP contribution is -2.35. The number of nitrogens with one attached hydrogen (secondary N) is 1. The highest BCUT2D eigenvalue weighted by Gasteiger charge is 2.20. The maximum Gasteiger partial charge on any atom is 0.241 e. The first-order valence-electron chi connectivity index (χ1n) is 6.93. The third-order valence-corrected chi connectivity index (χ3v) is 3.51. The van der Waals surface area contributed by atoms with Gasteiger partial charge in [0, 0.05) is 32.5 Å². The van der Waals surface area contributed by atoms with Gasteiger partial charge in [-0.3, -0.25) is 4.57 Å². The van der Waals surface area contributed by atoms with E-state index >= 15 is 0 Å². The van der Waals surface area contributed by atoms with Gasteiger partial charge in [0.25, 0.3) is 0 Å². The van der Waals surface area contributed by atoms with Crippen LogP contribution in [0.5, 0.6) is 0 Å². The zero-order chi connectivity index (χ0) is 13.9. The lowest BCUT2D eigenvalue weighted by Gasteiger charge is -2.31. The lowest BCUT2D eigenvalue weighted by molar-refractivity contribution is 0.441. The second kappa shape index (κ2) is 5.44. The van der Waals surface area contributed by atoms with E-state index in [2.05, 4.69) is 37.1 Å². The van der Waals surface area contributed by atoms with Crippen LogP contribution in [0.2, 0.25) is 0 Å². The quantitative estimate of drug-likeness (QED) is 0.909. The molecule has 3 heterocycles. The van der Waals surface area contributed by atoms with Gasteiger partial charge in [0.05, 0.1) is 0 Å². The van der Waals surface area contributed by atoms with E-state index in [9.17, 15) is 0 Å². The van der Waals surface area contributed by atoms with Crippen LogP contribution in [0.25, 0.3) is 5.95 Å². The van der Waals surface area contributed by atoms with Crippen molar-refractivity contribution in [2.24, 2.45) is 5.92 Å². The zero-order valence-electron chi connectivity index (χ0n) is 11.8. The van der Waals surface area contributed by atoms with Crippen molar-refractivity contribution in [1.29, 1.82) is 0 Å². The number of hydrogen-bond acceptors (Lipinski definition) is 6. The number of rotatable bonds is 3. The summed E-state index contributed by atoms with van der Waals surface area (Å²) in [7, 11) is 1.82. The van der Waals surface area contributed by atoms with Crippen LogP contribution in [0.15, 0.2) is 18.7 Å². The molecule has 0 bridgehead atoms. The van der Waals surface area contributed by atoms with Gasteiger partial charge in [0.1, 0.15) is 6.33 Å². The first-order valence-corrected chi connectivity index (χ1v) is 6.93. The van der Waals surface area contributed by atoms with Gasteiger partial charge in [-0.15, -0.1) is 0 Å². The van der Waals surface area contributed by atoms with Gasteiger partial charge in [-0.2, -0.15) is 15.0 Å². The van der Waals surface area contributed by atoms with E-state index in [1.165, 1.54) is 12.8 Å². The Morgan fingerprint density at radius 2 is 2.10 bits per heavy atom. The molecule has 0 aliphatic carbocycles. The first-order chi connectivity index (χ1) is 9.76. The number of hydrogen-bond donors (Lipinski definition) is 1. The Morgan fingerprint density at radius 3 is 2.80 bits per heavy atom. The van der Waals surface area contributed by atoms with E-state index in [1.54, 1.807) is 17.1 Å². The molecule has 1 fully saturated rings. The number of nitrogens with zero attached hydrogens (tertiary/aromatic N) is 6. The predicted octanol–water partition coefficient (Wildman–Crippen LogP) is 1.34. The average Bonchev–Trinajstić information content (AvgIpc) is 3.01. The molecule has 106 valence electrons. The molecule has 3 rings (SSSR count). The number of imidazole rings is 1. The molecular formula is C13H19N7. The Balaban J connectivity index is 1.96. The molecule has 1 aliphatic heterocycles. The normalized spacial score (nSPS) is 19.1. The summed E-state index contributed by atoms with van der Waals surface area (Å²) in [6, 6.07) is 0. The summed E-state index contributed by atoms with van der Waals surface area (Å²) in [5.41, 5.74) is 0. The van der Waals surface area contributed by atoms with Crippen LogP contribution < -0.4 is 10.2 Å². The molecule has 1 N–H and O–H groups in total. The topological polar surface area (TPSA) is 71.8 Å². The molecule has 7 nitrogen and oxygen atoms in total. The van der Waals surface area contributed by atoms with Crippen LogP contribution in [0, 0.1) is 5.92 Å². The molecule has 0 amide bonds. The van der Waals surface area contributed by atoms with Crippen LogP contribution in [-0.2, 0) is 0 Å². The van der Waals surface area contributed by atoms with Crippen LogP contribution in [0.3, 0.4) is 0 Å². The molecule has 0 spiro atoms. The van der Waals surface area contributed by atoms with Crippen molar-refractivity contribution in [2.75, 3.05) is 30.4 Å². The molecule has 2 aromatic heterocycles. The molecule has 20 heavy (non-hydrogen) atoms. The van der Waals surface area contributed by atoms with Crippen molar-refractivity contribution < 1.29 is 0 Å². The molecule has 0 aromatic carbocycles. The van der Waals surface area contributed by atoms with Crippen molar-refractivity contribution in [2.45, 2.75) is 19.8 Å². The average molecular weight is 273 g/mol. The maximum absolute atomic E-state index is 4.57. The van der Waals surface area contributed by atoms with Crippen molar-refractivity contribution in [3.63, 3.8) is 0 Å². The fraction of sp³-hybridized carbons (Fsp3) is 0.538. The molecule has 1 saturated heterocycles. The minimum atomic E-state index is 0.580. The Morgan fingerprint density at radius 1 is 1.25 bits per heavy atom. The fourth-order valence-corrected chi connectivity index (χ4v) is 2.47. The summed E-state index contributed by atoms with van der Waals surface area (Å²) >= 11 is 0. The van der Waals surface area contributed by atoms with E-state index < -0.39 is 0 Å². The third kappa shape index (κ3) is 2.56. The van der Waals surface area contributed by atoms with E-state index in [0.29, 0.717) is 17.8 Å². The first kappa shape index (κ1) is 12.8. The standard InChI is InChI=1S/C13H19N7/c1-10-4-3-6-19(8-10)12-16-11(14-2)17-13(18-12)20-7-5-15-9-20/h5,7,9-10H,3-4,6,8H2,1-2H3,(H,14,16,17,18). The number of piperidine rings is 1. The zero-order valence-corrected chi connectivity index (χ0v) is 11.8. The summed E-state index contributed by atoms with van der Waals surface area (Å²) in [5.74, 6) is 2.59. The summed E-state index contributed by atoms with van der Waals surface area (Å²) in [6.07, 6.45) is 7.69. The second-order valence-electron chi connectivity index (χ2n) is 5.17. The molecule has 2 aromatic rings. The van der Waals surface area contributed by atoms with E-state index in [-0.39, 0.29) is 0 Å². The molecule has 1 aliphatic rings. The van der Waals surface area contributed by atoms with Gasteiger partial charge in [0.15, 0.2) is 0 Å². The Hall–Kier alpha value is -2.18. The summed E-state index contributed by atoms with van der Waals surface area (Å²) < 4.78 is 1.79. The highest BCUT2D eigenvalue weighted by atomic mass is 15.3. The highest BCUT2D eigenvalue weighted by Crippen LogP contribution is 2.21. The van der Waals surface area contributed by atoms with Gasteiger partial charge in [-0.1, -0.05) is 6.92 Å². The van der Waals surface area contributed by atoms with E-state index in [4.69, 9.17) is 0 Å². The van der Waals surface area contributed by atoms with Crippen molar-refractivity contribution in [3.05, 3.63) is 18.7 Å². The van der Waals surface area contributed by atoms with E-state index in [1.807, 2.05) is 13.2 Å².